The summed E-state index contributed by atoms with van der Waals surface area (Å²) in [7, 11) is 0. The topological polar surface area (TPSA) is 20.3 Å². The molecule has 1 aliphatic rings. The standard InChI is InChI=1S/C19H37NO/c1-17(2,3)12-10-9-11-15(18(4,5)6)16(21)20-13-19(7,8)14-20/h15H,9-14H2,1-8H3. The molecule has 1 unspecified atom stereocenters. The molecule has 2 nitrogen and oxygen atoms in total. The number of likely N-dealkylation sites (tertiary alicyclic amines) is 1. The number of nitrogens with zero attached hydrogens (tertiary/aromatic N) is 1. The Morgan fingerprint density at radius 2 is 1.57 bits per heavy atom. The third-order valence-electron chi connectivity index (χ3n) is 4.56. The zero-order valence-electron chi connectivity index (χ0n) is 15.7. The smallest absolute Gasteiger partial charge is 0.226 e. The molecule has 0 aromatic carbocycles. The van der Waals surface area contributed by atoms with Crippen LogP contribution in [0.3, 0.4) is 0 Å². The van der Waals surface area contributed by atoms with Crippen molar-refractivity contribution in [1.82, 2.24) is 4.90 Å². The third kappa shape index (κ3) is 6.00. The molecule has 1 aliphatic heterocycles. The van der Waals surface area contributed by atoms with Gasteiger partial charge in [0.05, 0.1) is 0 Å². The first-order chi connectivity index (χ1) is 9.32. The van der Waals surface area contributed by atoms with Gasteiger partial charge in [0.2, 0.25) is 5.91 Å². The van der Waals surface area contributed by atoms with Crippen molar-refractivity contribution < 1.29 is 4.79 Å². The largest absolute Gasteiger partial charge is 0.341 e. The molecule has 2 heteroatoms. The molecule has 0 radical (unpaired) electrons. The summed E-state index contributed by atoms with van der Waals surface area (Å²) in [5.74, 6) is 0.561. The van der Waals surface area contributed by atoms with Gasteiger partial charge < -0.3 is 4.90 Å². The SMILES string of the molecule is CC(C)(C)CCCCC(C(=O)N1CC(C)(C)C1)C(C)(C)C. The molecule has 0 aromatic rings. The average Bonchev–Trinajstić information content (AvgIpc) is 2.21. The van der Waals surface area contributed by atoms with Gasteiger partial charge in [-0.1, -0.05) is 68.2 Å². The van der Waals surface area contributed by atoms with Crippen LogP contribution in [0.5, 0.6) is 0 Å². The lowest BCUT2D eigenvalue weighted by Gasteiger charge is -2.48. The minimum atomic E-state index is 0.0680. The molecule has 1 heterocycles. The molecule has 0 bridgehead atoms. The van der Waals surface area contributed by atoms with E-state index in [1.165, 1.54) is 19.3 Å². The molecule has 0 saturated carbocycles. The van der Waals surface area contributed by atoms with Crippen LogP contribution in [0.25, 0.3) is 0 Å². The molecule has 0 spiro atoms. The highest BCUT2D eigenvalue weighted by Crippen LogP contribution is 2.37. The number of amides is 1. The highest BCUT2D eigenvalue weighted by atomic mass is 16.2. The summed E-state index contributed by atoms with van der Waals surface area (Å²) in [6.07, 6.45) is 4.68. The van der Waals surface area contributed by atoms with Gasteiger partial charge in [-0.05, 0) is 29.1 Å². The predicted molar refractivity (Wildman–Crippen MR) is 91.2 cm³/mol. The number of hydrogen-bond donors (Lipinski definition) is 0. The second kappa shape index (κ2) is 6.30. The zero-order valence-corrected chi connectivity index (χ0v) is 15.7. The quantitative estimate of drug-likeness (QED) is 0.644. The number of carbonyl (C=O) groups excluding carboxylic acids is 1. The van der Waals surface area contributed by atoms with Crippen LogP contribution in [0.15, 0.2) is 0 Å². The molecule has 21 heavy (non-hydrogen) atoms. The van der Waals surface area contributed by atoms with Gasteiger partial charge in [0.15, 0.2) is 0 Å². The van der Waals surface area contributed by atoms with Gasteiger partial charge in [-0.2, -0.15) is 0 Å². The van der Waals surface area contributed by atoms with E-state index in [2.05, 4.69) is 60.3 Å². The van der Waals surface area contributed by atoms with Crippen molar-refractivity contribution in [1.29, 1.82) is 0 Å². The second-order valence-corrected chi connectivity index (χ2v) is 10.1. The number of rotatable bonds is 5. The van der Waals surface area contributed by atoms with Crippen molar-refractivity contribution in [3.05, 3.63) is 0 Å². The molecule has 0 aromatic heterocycles. The normalized spacial score (nSPS) is 20.1. The van der Waals surface area contributed by atoms with Crippen molar-refractivity contribution in [3.8, 4) is 0 Å². The summed E-state index contributed by atoms with van der Waals surface area (Å²) in [5.41, 5.74) is 0.797. The van der Waals surface area contributed by atoms with Crippen LogP contribution in [0, 0.1) is 22.2 Å². The van der Waals surface area contributed by atoms with Crippen molar-refractivity contribution in [2.45, 2.75) is 81.1 Å². The summed E-state index contributed by atoms with van der Waals surface area (Å²) in [5, 5.41) is 0. The summed E-state index contributed by atoms with van der Waals surface area (Å²) >= 11 is 0. The number of hydrogen-bond acceptors (Lipinski definition) is 1. The highest BCUT2D eigenvalue weighted by Gasteiger charge is 2.42. The lowest BCUT2D eigenvalue weighted by molar-refractivity contribution is -0.150. The van der Waals surface area contributed by atoms with Crippen molar-refractivity contribution in [2.24, 2.45) is 22.2 Å². The highest BCUT2D eigenvalue weighted by molar-refractivity contribution is 5.80. The fourth-order valence-corrected chi connectivity index (χ4v) is 3.29. The van der Waals surface area contributed by atoms with Crippen LogP contribution in [0.1, 0.15) is 81.1 Å². The maximum atomic E-state index is 12.8. The maximum Gasteiger partial charge on any atom is 0.226 e. The van der Waals surface area contributed by atoms with Crippen LogP contribution in [-0.2, 0) is 4.79 Å². The van der Waals surface area contributed by atoms with E-state index in [4.69, 9.17) is 0 Å². The molecule has 0 N–H and O–H groups in total. The third-order valence-corrected chi connectivity index (χ3v) is 4.56. The Bertz CT molecular complexity index is 349. The van der Waals surface area contributed by atoms with Crippen LogP contribution in [0.4, 0.5) is 0 Å². The fraction of sp³-hybridized carbons (Fsp3) is 0.947. The Balaban J connectivity index is 2.51. The second-order valence-electron chi connectivity index (χ2n) is 10.1. The minimum Gasteiger partial charge on any atom is -0.341 e. The van der Waals surface area contributed by atoms with Gasteiger partial charge in [-0.3, -0.25) is 4.79 Å². The molecule has 124 valence electrons. The lowest BCUT2D eigenvalue weighted by atomic mass is 9.74. The Morgan fingerprint density at radius 1 is 1.05 bits per heavy atom. The van der Waals surface area contributed by atoms with Crippen LogP contribution in [-0.4, -0.2) is 23.9 Å². The van der Waals surface area contributed by atoms with E-state index in [-0.39, 0.29) is 11.3 Å². The van der Waals surface area contributed by atoms with Gasteiger partial charge in [-0.15, -0.1) is 0 Å². The van der Waals surface area contributed by atoms with Gasteiger partial charge in [0, 0.05) is 19.0 Å². The molecular formula is C19H37NO. The van der Waals surface area contributed by atoms with Crippen molar-refractivity contribution >= 4 is 5.91 Å². The van der Waals surface area contributed by atoms with E-state index in [1.54, 1.807) is 0 Å². The molecule has 0 aliphatic carbocycles. The summed E-state index contributed by atoms with van der Waals surface area (Å²) < 4.78 is 0. The Kier molecular flexibility index (Phi) is 5.56. The maximum absolute atomic E-state index is 12.8. The van der Waals surface area contributed by atoms with Gasteiger partial charge in [0.1, 0.15) is 0 Å². The first-order valence-corrected chi connectivity index (χ1v) is 8.61. The monoisotopic (exact) mass is 295 g/mol. The van der Waals surface area contributed by atoms with Crippen LogP contribution >= 0.6 is 0 Å². The van der Waals surface area contributed by atoms with E-state index < -0.39 is 0 Å². The average molecular weight is 296 g/mol. The Labute approximate surface area is 132 Å². The summed E-state index contributed by atoms with van der Waals surface area (Å²) in [4.78, 5) is 14.8. The molecule has 1 saturated heterocycles. The number of unbranched alkanes of at least 4 members (excludes halogenated alkanes) is 1. The predicted octanol–water partition coefficient (Wildman–Crippen LogP) is 5.12. The molecular weight excluding hydrogens is 258 g/mol. The molecule has 1 atom stereocenters. The van der Waals surface area contributed by atoms with E-state index in [1.807, 2.05) is 0 Å². The van der Waals surface area contributed by atoms with Gasteiger partial charge >= 0.3 is 0 Å². The lowest BCUT2D eigenvalue weighted by Crippen LogP contribution is -2.58. The van der Waals surface area contributed by atoms with E-state index in [9.17, 15) is 4.79 Å². The van der Waals surface area contributed by atoms with Crippen molar-refractivity contribution in [3.63, 3.8) is 0 Å². The van der Waals surface area contributed by atoms with Crippen LogP contribution < -0.4 is 0 Å². The molecule has 1 fully saturated rings. The molecule has 1 amide bonds. The van der Waals surface area contributed by atoms with E-state index in [0.29, 0.717) is 16.7 Å². The first-order valence-electron chi connectivity index (χ1n) is 8.61. The minimum absolute atomic E-state index is 0.0680. The molecule has 1 rings (SSSR count). The Hall–Kier alpha value is -0.530. The fourth-order valence-electron chi connectivity index (χ4n) is 3.29. The van der Waals surface area contributed by atoms with Crippen molar-refractivity contribution in [2.75, 3.05) is 13.1 Å². The Morgan fingerprint density at radius 3 is 1.95 bits per heavy atom. The van der Waals surface area contributed by atoms with E-state index in [0.717, 1.165) is 19.5 Å². The number of carbonyl (C=O) groups is 1. The van der Waals surface area contributed by atoms with E-state index >= 15 is 0 Å². The van der Waals surface area contributed by atoms with Gasteiger partial charge in [0.25, 0.3) is 0 Å². The summed E-state index contributed by atoms with van der Waals surface area (Å²) in [6.45, 7) is 19.9. The van der Waals surface area contributed by atoms with Crippen LogP contribution in [0.2, 0.25) is 0 Å². The first kappa shape index (κ1) is 18.5. The zero-order chi connectivity index (χ0) is 16.5. The summed E-state index contributed by atoms with van der Waals surface area (Å²) in [6, 6.07) is 0. The van der Waals surface area contributed by atoms with Gasteiger partial charge in [-0.25, -0.2) is 0 Å².